The Kier molecular flexibility index (Phi) is 6.89. The zero-order valence-electron chi connectivity index (χ0n) is 22.6. The van der Waals surface area contributed by atoms with Gasteiger partial charge in [-0.1, -0.05) is 54.3 Å². The summed E-state index contributed by atoms with van der Waals surface area (Å²) >= 11 is 0. The third kappa shape index (κ3) is 5.36. The minimum absolute atomic E-state index is 0.163. The molecule has 0 saturated heterocycles. The van der Waals surface area contributed by atoms with Gasteiger partial charge in [0.2, 0.25) is 0 Å². The van der Waals surface area contributed by atoms with Crippen LogP contribution >= 0.6 is 0 Å². The van der Waals surface area contributed by atoms with Crippen LogP contribution in [-0.4, -0.2) is 16.7 Å². The molecule has 0 saturated carbocycles. The molecule has 4 nitrogen and oxygen atoms in total. The number of hydrogen-bond donors (Lipinski definition) is 0. The highest BCUT2D eigenvalue weighted by atomic mass is 19.1. The Morgan fingerprint density at radius 2 is 1.51 bits per heavy atom. The van der Waals surface area contributed by atoms with E-state index in [1.54, 1.807) is 36.0 Å². The van der Waals surface area contributed by atoms with Crippen LogP contribution in [0.5, 0.6) is 5.75 Å². The number of halogens is 1. The molecule has 1 aromatic heterocycles. The molecule has 0 amide bonds. The Morgan fingerprint density at radius 3 is 2.29 bits per heavy atom. The van der Waals surface area contributed by atoms with E-state index in [-0.39, 0.29) is 11.4 Å². The minimum atomic E-state index is -0.303. The molecule has 0 atom stereocenters. The Labute approximate surface area is 237 Å². The maximum atomic E-state index is 13.7. The van der Waals surface area contributed by atoms with E-state index in [0.717, 1.165) is 44.5 Å². The fourth-order valence-corrected chi connectivity index (χ4v) is 4.80. The summed E-state index contributed by atoms with van der Waals surface area (Å²) < 4.78 is 20.3. The SMILES string of the molecule is COc1ccc2cc(C#Cc3ccc(-n4c(/C=C/c5ccc(F)cc5)nc5ccccc5c4=O)c(C)c3)ccc2c1. The first-order chi connectivity index (χ1) is 20.0. The van der Waals surface area contributed by atoms with Crippen molar-refractivity contribution in [2.75, 3.05) is 7.11 Å². The molecule has 0 aliphatic heterocycles. The van der Waals surface area contributed by atoms with Gasteiger partial charge in [0.1, 0.15) is 17.4 Å². The average Bonchev–Trinajstić information content (AvgIpc) is 3.00. The monoisotopic (exact) mass is 536 g/mol. The summed E-state index contributed by atoms with van der Waals surface area (Å²) in [5.74, 6) is 7.51. The molecule has 6 aromatic rings. The van der Waals surface area contributed by atoms with Crippen molar-refractivity contribution in [2.45, 2.75) is 6.92 Å². The lowest BCUT2D eigenvalue weighted by Crippen LogP contribution is -2.23. The molecule has 5 heteroatoms. The van der Waals surface area contributed by atoms with Gasteiger partial charge >= 0.3 is 0 Å². The van der Waals surface area contributed by atoms with Crippen LogP contribution in [0.25, 0.3) is 39.5 Å². The highest BCUT2D eigenvalue weighted by molar-refractivity contribution is 5.85. The van der Waals surface area contributed by atoms with E-state index >= 15 is 0 Å². The first-order valence-corrected chi connectivity index (χ1v) is 13.1. The van der Waals surface area contributed by atoms with Gasteiger partial charge in [-0.25, -0.2) is 9.37 Å². The smallest absolute Gasteiger partial charge is 0.266 e. The van der Waals surface area contributed by atoms with Crippen LogP contribution < -0.4 is 10.3 Å². The van der Waals surface area contributed by atoms with Crippen LogP contribution in [-0.2, 0) is 0 Å². The van der Waals surface area contributed by atoms with E-state index in [1.807, 2.05) is 79.7 Å². The number of para-hydroxylation sites is 1. The van der Waals surface area contributed by atoms with Crippen LogP contribution in [0.2, 0.25) is 0 Å². The van der Waals surface area contributed by atoms with Crippen LogP contribution in [0.1, 0.15) is 28.1 Å². The van der Waals surface area contributed by atoms with E-state index < -0.39 is 0 Å². The molecule has 0 N–H and O–H groups in total. The predicted molar refractivity (Wildman–Crippen MR) is 164 cm³/mol. The summed E-state index contributed by atoms with van der Waals surface area (Å²) in [7, 11) is 1.66. The van der Waals surface area contributed by atoms with E-state index in [9.17, 15) is 9.18 Å². The van der Waals surface area contributed by atoms with Crippen LogP contribution in [0.4, 0.5) is 4.39 Å². The number of rotatable bonds is 4. The molecule has 5 aromatic carbocycles. The molecule has 1 heterocycles. The number of benzene rings is 5. The van der Waals surface area contributed by atoms with Crippen molar-refractivity contribution in [1.82, 2.24) is 9.55 Å². The number of fused-ring (bicyclic) bond motifs is 2. The number of aryl methyl sites for hydroxylation is 1. The van der Waals surface area contributed by atoms with E-state index in [4.69, 9.17) is 9.72 Å². The Hall–Kier alpha value is -5.47. The van der Waals surface area contributed by atoms with E-state index in [0.29, 0.717) is 16.7 Å². The van der Waals surface area contributed by atoms with Gasteiger partial charge < -0.3 is 4.74 Å². The molecular formula is C36H25FN2O2. The molecule has 0 fully saturated rings. The average molecular weight is 537 g/mol. The van der Waals surface area contributed by atoms with Gasteiger partial charge in [0.25, 0.3) is 5.56 Å². The molecule has 0 unspecified atom stereocenters. The predicted octanol–water partition coefficient (Wildman–Crippen LogP) is 7.57. The molecule has 0 aliphatic carbocycles. The fraction of sp³-hybridized carbons (Fsp3) is 0.0556. The van der Waals surface area contributed by atoms with Crippen molar-refractivity contribution in [2.24, 2.45) is 0 Å². The molecule has 0 aliphatic rings. The van der Waals surface area contributed by atoms with Crippen molar-refractivity contribution < 1.29 is 9.13 Å². The lowest BCUT2D eigenvalue weighted by molar-refractivity contribution is 0.415. The van der Waals surface area contributed by atoms with Gasteiger partial charge in [0.15, 0.2) is 0 Å². The molecular weight excluding hydrogens is 511 g/mol. The van der Waals surface area contributed by atoms with Gasteiger partial charge in [0, 0.05) is 11.1 Å². The summed E-state index contributed by atoms with van der Waals surface area (Å²) in [6, 6.07) is 31.3. The maximum absolute atomic E-state index is 13.7. The van der Waals surface area contributed by atoms with Crippen molar-refractivity contribution in [1.29, 1.82) is 0 Å². The second kappa shape index (κ2) is 11.0. The van der Waals surface area contributed by atoms with Crippen molar-refractivity contribution >= 4 is 33.8 Å². The van der Waals surface area contributed by atoms with E-state index in [1.165, 1.54) is 12.1 Å². The molecule has 0 spiro atoms. The largest absolute Gasteiger partial charge is 0.497 e. The fourth-order valence-electron chi connectivity index (χ4n) is 4.80. The van der Waals surface area contributed by atoms with Crippen LogP contribution in [0.15, 0.2) is 108 Å². The zero-order valence-corrected chi connectivity index (χ0v) is 22.6. The summed E-state index contributed by atoms with van der Waals surface area (Å²) in [6.07, 6.45) is 3.60. The highest BCUT2D eigenvalue weighted by Gasteiger charge is 2.13. The van der Waals surface area contributed by atoms with Crippen molar-refractivity contribution in [3.8, 4) is 23.3 Å². The Morgan fingerprint density at radius 1 is 0.805 bits per heavy atom. The number of methoxy groups -OCH3 is 1. The van der Waals surface area contributed by atoms with Crippen molar-refractivity contribution in [3.63, 3.8) is 0 Å². The molecule has 0 radical (unpaired) electrons. The lowest BCUT2D eigenvalue weighted by Gasteiger charge is -2.14. The molecule has 198 valence electrons. The van der Waals surface area contributed by atoms with Crippen LogP contribution in [0.3, 0.4) is 0 Å². The molecule has 6 rings (SSSR count). The lowest BCUT2D eigenvalue weighted by atomic mass is 10.1. The number of aromatic nitrogens is 2. The van der Waals surface area contributed by atoms with Gasteiger partial charge in [-0.15, -0.1) is 0 Å². The third-order valence-corrected chi connectivity index (χ3v) is 6.93. The zero-order chi connectivity index (χ0) is 28.3. The quantitative estimate of drug-likeness (QED) is 0.218. The van der Waals surface area contributed by atoms with E-state index in [2.05, 4.69) is 17.9 Å². The van der Waals surface area contributed by atoms with Crippen LogP contribution in [0, 0.1) is 24.6 Å². The normalized spacial score (nSPS) is 11.1. The molecule has 41 heavy (non-hydrogen) atoms. The van der Waals surface area contributed by atoms with Crippen molar-refractivity contribution in [3.05, 3.63) is 147 Å². The third-order valence-electron chi connectivity index (χ3n) is 6.93. The van der Waals surface area contributed by atoms with Gasteiger partial charge in [-0.05, 0) is 102 Å². The Balaban J connectivity index is 1.38. The number of hydrogen-bond acceptors (Lipinski definition) is 3. The second-order valence-electron chi connectivity index (χ2n) is 9.69. The summed E-state index contributed by atoms with van der Waals surface area (Å²) in [5, 5.41) is 2.71. The maximum Gasteiger partial charge on any atom is 0.266 e. The highest BCUT2D eigenvalue weighted by Crippen LogP contribution is 2.22. The Bertz CT molecular complexity index is 2080. The van der Waals surface area contributed by atoms with Gasteiger partial charge in [-0.3, -0.25) is 9.36 Å². The number of nitrogens with zero attached hydrogens (tertiary/aromatic N) is 2. The summed E-state index contributed by atoms with van der Waals surface area (Å²) in [5.41, 5.74) is 4.61. The van der Waals surface area contributed by atoms with Gasteiger partial charge in [0.05, 0.1) is 23.7 Å². The van der Waals surface area contributed by atoms with Gasteiger partial charge in [-0.2, -0.15) is 0 Å². The molecule has 0 bridgehead atoms. The first kappa shape index (κ1) is 25.8. The number of ether oxygens (including phenoxy) is 1. The minimum Gasteiger partial charge on any atom is -0.497 e. The topological polar surface area (TPSA) is 44.1 Å². The summed E-state index contributed by atoms with van der Waals surface area (Å²) in [4.78, 5) is 18.5. The standard InChI is InChI=1S/C36H25FN2O2/c1-24-21-26(7-8-27-9-14-29-23-31(41-2)18-15-28(29)22-27)12-19-34(24)39-35(20-13-25-10-16-30(37)17-11-25)38-33-6-4-3-5-32(33)36(39)40/h3-6,9-23H,1-2H3/b20-13+. The first-order valence-electron chi connectivity index (χ1n) is 13.1. The second-order valence-corrected chi connectivity index (χ2v) is 9.69. The summed E-state index contributed by atoms with van der Waals surface area (Å²) in [6.45, 7) is 1.96.